The molecule has 0 heterocycles. The van der Waals surface area contributed by atoms with Crippen LogP contribution in [-0.4, -0.2) is 19.2 Å². The third kappa shape index (κ3) is 6.75. The maximum atomic E-state index is 12.2. The molecule has 0 saturated heterocycles. The summed E-state index contributed by atoms with van der Waals surface area (Å²) in [7, 11) is 0. The Morgan fingerprint density at radius 2 is 1.45 bits per heavy atom. The summed E-state index contributed by atoms with van der Waals surface area (Å²) < 4.78 is 16.8. The number of esters is 1. The van der Waals surface area contributed by atoms with E-state index >= 15 is 0 Å². The van der Waals surface area contributed by atoms with Crippen molar-refractivity contribution < 1.29 is 19.0 Å². The third-order valence-electron chi connectivity index (χ3n) is 4.63. The molecule has 0 aliphatic carbocycles. The monoisotopic (exact) mass is 416 g/mol. The van der Waals surface area contributed by atoms with Gasteiger partial charge in [0.2, 0.25) is 5.76 Å². The highest BCUT2D eigenvalue weighted by Crippen LogP contribution is 2.26. The highest BCUT2D eigenvalue weighted by molar-refractivity contribution is 5.91. The predicted octanol–water partition coefficient (Wildman–Crippen LogP) is 5.80. The normalized spacial score (nSPS) is 11.1. The van der Waals surface area contributed by atoms with Crippen LogP contribution >= 0.6 is 0 Å². The topological polar surface area (TPSA) is 44.8 Å². The summed E-state index contributed by atoms with van der Waals surface area (Å²) in [6.07, 6.45) is 2.44. The Morgan fingerprint density at radius 1 is 0.806 bits per heavy atom. The van der Waals surface area contributed by atoms with Crippen molar-refractivity contribution in [3.63, 3.8) is 0 Å². The van der Waals surface area contributed by atoms with E-state index in [0.717, 1.165) is 28.9 Å². The predicted molar refractivity (Wildman–Crippen MR) is 123 cm³/mol. The van der Waals surface area contributed by atoms with Gasteiger partial charge in [0.1, 0.15) is 12.4 Å². The molecule has 3 aromatic rings. The Morgan fingerprint density at radius 3 is 2.10 bits per heavy atom. The van der Waals surface area contributed by atoms with E-state index in [4.69, 9.17) is 14.2 Å². The summed E-state index contributed by atoms with van der Waals surface area (Å²) >= 11 is 0. The summed E-state index contributed by atoms with van der Waals surface area (Å²) in [4.78, 5) is 12.2. The van der Waals surface area contributed by atoms with Gasteiger partial charge in [-0.25, -0.2) is 4.79 Å². The highest BCUT2D eigenvalue weighted by atomic mass is 16.6. The van der Waals surface area contributed by atoms with Crippen molar-refractivity contribution in [2.75, 3.05) is 13.2 Å². The number of carbonyl (C=O) groups is 1. The van der Waals surface area contributed by atoms with Gasteiger partial charge < -0.3 is 14.2 Å². The van der Waals surface area contributed by atoms with Crippen LogP contribution in [-0.2, 0) is 27.3 Å². The van der Waals surface area contributed by atoms with Gasteiger partial charge in [-0.05, 0) is 54.3 Å². The number of hydrogen-bond donors (Lipinski definition) is 0. The smallest absolute Gasteiger partial charge is 0.373 e. The fraction of sp³-hybridized carbons (Fsp3) is 0.222. The Hall–Kier alpha value is -3.53. The molecule has 3 rings (SSSR count). The van der Waals surface area contributed by atoms with Crippen LogP contribution < -0.4 is 4.74 Å². The van der Waals surface area contributed by atoms with Crippen LogP contribution in [0.25, 0.3) is 6.08 Å². The van der Waals surface area contributed by atoms with Gasteiger partial charge in [0.15, 0.2) is 0 Å². The molecule has 0 fully saturated rings. The van der Waals surface area contributed by atoms with E-state index in [9.17, 15) is 4.79 Å². The number of carbonyl (C=O) groups excluding carboxylic acids is 1. The largest absolute Gasteiger partial charge is 0.489 e. The lowest BCUT2D eigenvalue weighted by molar-refractivity contribution is -0.142. The van der Waals surface area contributed by atoms with Gasteiger partial charge in [-0.2, -0.15) is 0 Å². The molecule has 0 unspecified atom stereocenters. The second kappa shape index (κ2) is 11.6. The maximum Gasteiger partial charge on any atom is 0.373 e. The number of rotatable bonds is 10. The molecular weight excluding hydrogens is 388 g/mol. The molecule has 0 atom stereocenters. The molecule has 0 N–H and O–H groups in total. The molecule has 0 spiro atoms. The van der Waals surface area contributed by atoms with Crippen molar-refractivity contribution in [2.24, 2.45) is 0 Å². The molecule has 0 saturated carbocycles. The Balaban J connectivity index is 1.90. The minimum atomic E-state index is -0.460. The van der Waals surface area contributed by atoms with E-state index < -0.39 is 5.97 Å². The van der Waals surface area contributed by atoms with Gasteiger partial charge in [-0.1, -0.05) is 66.7 Å². The van der Waals surface area contributed by atoms with Crippen molar-refractivity contribution in [1.29, 1.82) is 0 Å². The van der Waals surface area contributed by atoms with Gasteiger partial charge in [0, 0.05) is 6.42 Å². The van der Waals surface area contributed by atoms with E-state index in [-0.39, 0.29) is 5.76 Å². The van der Waals surface area contributed by atoms with Crippen LogP contribution in [0.1, 0.15) is 36.1 Å². The first-order chi connectivity index (χ1) is 15.2. The fourth-order valence-electron chi connectivity index (χ4n) is 3.19. The molecule has 0 aliphatic rings. The molecule has 31 heavy (non-hydrogen) atoms. The fourth-order valence-corrected chi connectivity index (χ4v) is 3.19. The first-order valence-electron chi connectivity index (χ1n) is 10.5. The standard InChI is InChI=1S/C27H28O4/c1-3-29-26(27(28)30-4-2)19-23-15-16-25(31-20-22-13-9-6-10-14-22)24(18-23)17-21-11-7-5-8-12-21/h5-16,18-19H,3-4,17,20H2,1-2H3/b26-19+. The second-order valence-corrected chi connectivity index (χ2v) is 6.97. The highest BCUT2D eigenvalue weighted by Gasteiger charge is 2.13. The van der Waals surface area contributed by atoms with Crippen LogP contribution in [0.5, 0.6) is 5.75 Å². The van der Waals surface area contributed by atoms with Crippen LogP contribution in [0.4, 0.5) is 0 Å². The second-order valence-electron chi connectivity index (χ2n) is 6.97. The summed E-state index contributed by atoms with van der Waals surface area (Å²) in [5, 5.41) is 0. The molecule has 3 aromatic carbocycles. The Bertz CT molecular complexity index is 994. The van der Waals surface area contributed by atoms with E-state index in [0.29, 0.717) is 19.8 Å². The number of ether oxygens (including phenoxy) is 3. The molecule has 4 nitrogen and oxygen atoms in total. The first-order valence-corrected chi connectivity index (χ1v) is 10.5. The minimum absolute atomic E-state index is 0.202. The Kier molecular flexibility index (Phi) is 8.29. The SMILES string of the molecule is CCOC(=O)/C(=C\c1ccc(OCc2ccccc2)c(Cc2ccccc2)c1)OCC. The van der Waals surface area contributed by atoms with Crippen molar-refractivity contribution >= 4 is 12.0 Å². The average molecular weight is 417 g/mol. The van der Waals surface area contributed by atoms with Gasteiger partial charge in [-0.3, -0.25) is 0 Å². The number of benzene rings is 3. The summed E-state index contributed by atoms with van der Waals surface area (Å²) in [6, 6.07) is 26.2. The quantitative estimate of drug-likeness (QED) is 0.238. The van der Waals surface area contributed by atoms with Crippen LogP contribution in [0.3, 0.4) is 0 Å². The first kappa shape index (κ1) is 22.2. The lowest BCUT2D eigenvalue weighted by Crippen LogP contribution is -2.10. The molecule has 0 bridgehead atoms. The summed E-state index contributed by atoms with van der Waals surface area (Å²) in [5.74, 6) is 0.560. The van der Waals surface area contributed by atoms with Gasteiger partial charge >= 0.3 is 5.97 Å². The van der Waals surface area contributed by atoms with E-state index in [2.05, 4.69) is 12.1 Å². The lowest BCUT2D eigenvalue weighted by Gasteiger charge is -2.14. The van der Waals surface area contributed by atoms with E-state index in [1.54, 1.807) is 13.0 Å². The van der Waals surface area contributed by atoms with Gasteiger partial charge in [0.05, 0.1) is 13.2 Å². The van der Waals surface area contributed by atoms with Crippen molar-refractivity contribution in [3.8, 4) is 5.75 Å². The average Bonchev–Trinajstić information content (AvgIpc) is 2.80. The molecule has 4 heteroatoms. The van der Waals surface area contributed by atoms with E-state index in [1.807, 2.05) is 73.7 Å². The molecule has 0 aromatic heterocycles. The lowest BCUT2D eigenvalue weighted by atomic mass is 10.0. The van der Waals surface area contributed by atoms with Crippen LogP contribution in [0.15, 0.2) is 84.6 Å². The van der Waals surface area contributed by atoms with Crippen molar-refractivity contribution in [1.82, 2.24) is 0 Å². The molecular formula is C27H28O4. The maximum absolute atomic E-state index is 12.2. The molecule has 0 radical (unpaired) electrons. The number of hydrogen-bond acceptors (Lipinski definition) is 4. The molecule has 160 valence electrons. The molecule has 0 amide bonds. The van der Waals surface area contributed by atoms with E-state index in [1.165, 1.54) is 5.56 Å². The zero-order valence-corrected chi connectivity index (χ0v) is 18.0. The third-order valence-corrected chi connectivity index (χ3v) is 4.63. The zero-order valence-electron chi connectivity index (χ0n) is 18.0. The summed E-state index contributed by atoms with van der Waals surface area (Å²) in [6.45, 7) is 4.80. The van der Waals surface area contributed by atoms with Gasteiger partial charge in [0.25, 0.3) is 0 Å². The minimum Gasteiger partial charge on any atom is -0.489 e. The summed E-state index contributed by atoms with van der Waals surface area (Å²) in [5.41, 5.74) is 4.19. The van der Waals surface area contributed by atoms with Crippen LogP contribution in [0.2, 0.25) is 0 Å². The van der Waals surface area contributed by atoms with Crippen molar-refractivity contribution in [3.05, 3.63) is 107 Å². The molecule has 0 aliphatic heterocycles. The zero-order chi connectivity index (χ0) is 21.9. The Labute approximate surface area is 184 Å². The van der Waals surface area contributed by atoms with Gasteiger partial charge in [-0.15, -0.1) is 0 Å². The van der Waals surface area contributed by atoms with Crippen molar-refractivity contribution in [2.45, 2.75) is 26.9 Å². The van der Waals surface area contributed by atoms with Crippen LogP contribution in [0, 0.1) is 0 Å².